The Kier molecular flexibility index (Phi) is 2.18. The highest BCUT2D eigenvalue weighted by atomic mass is 16.8. The van der Waals surface area contributed by atoms with Gasteiger partial charge in [0.2, 0.25) is 0 Å². The lowest BCUT2D eigenvalue weighted by Crippen LogP contribution is -2.26. The van der Waals surface area contributed by atoms with Crippen LogP contribution in [0, 0.1) is 5.92 Å². The minimum Gasteiger partial charge on any atom is -0.344 e. The Morgan fingerprint density at radius 2 is 2.08 bits per heavy atom. The third-order valence-corrected chi connectivity index (χ3v) is 2.63. The lowest BCUT2D eigenvalue weighted by Gasteiger charge is -2.20. The van der Waals surface area contributed by atoms with Crippen molar-refractivity contribution < 1.29 is 9.47 Å². The van der Waals surface area contributed by atoms with Gasteiger partial charge < -0.3 is 15.2 Å². The Labute approximate surface area is 78.9 Å². The zero-order valence-electron chi connectivity index (χ0n) is 8.19. The van der Waals surface area contributed by atoms with Crippen LogP contribution in [0.15, 0.2) is 12.2 Å². The number of fused-ring (bicyclic) bond motifs is 1. The standard InChI is InChI=1S/C10H17NO2/c1-10(2)12-8-4-3-7(5-6-11)9(8)13-10/h3-4,7-9H,5-6,11H2,1-2H3/t7-,8-,9+/m1/s1. The molecule has 1 aliphatic carbocycles. The molecule has 1 aliphatic heterocycles. The van der Waals surface area contributed by atoms with Crippen LogP contribution in [-0.4, -0.2) is 24.5 Å². The Balaban J connectivity index is 2.04. The number of hydrogen-bond acceptors (Lipinski definition) is 3. The van der Waals surface area contributed by atoms with Crippen LogP contribution in [0.3, 0.4) is 0 Å². The lowest BCUT2D eigenvalue weighted by molar-refractivity contribution is -0.147. The summed E-state index contributed by atoms with van der Waals surface area (Å²) in [7, 11) is 0. The maximum Gasteiger partial charge on any atom is 0.164 e. The molecular weight excluding hydrogens is 166 g/mol. The third-order valence-electron chi connectivity index (χ3n) is 2.63. The summed E-state index contributed by atoms with van der Waals surface area (Å²) in [5, 5.41) is 0. The van der Waals surface area contributed by atoms with Crippen molar-refractivity contribution in [1.82, 2.24) is 0 Å². The van der Waals surface area contributed by atoms with Crippen LogP contribution in [0.1, 0.15) is 20.3 Å². The van der Waals surface area contributed by atoms with Gasteiger partial charge >= 0.3 is 0 Å². The second-order valence-corrected chi connectivity index (χ2v) is 4.19. The van der Waals surface area contributed by atoms with Gasteiger partial charge in [0.25, 0.3) is 0 Å². The molecule has 0 spiro atoms. The van der Waals surface area contributed by atoms with Crippen LogP contribution >= 0.6 is 0 Å². The molecule has 74 valence electrons. The molecule has 1 heterocycles. The van der Waals surface area contributed by atoms with Crippen molar-refractivity contribution in [3.05, 3.63) is 12.2 Å². The normalized spacial score (nSPS) is 41.0. The van der Waals surface area contributed by atoms with E-state index in [1.807, 2.05) is 13.8 Å². The topological polar surface area (TPSA) is 44.5 Å². The van der Waals surface area contributed by atoms with Gasteiger partial charge in [0.15, 0.2) is 5.79 Å². The summed E-state index contributed by atoms with van der Waals surface area (Å²) in [6.07, 6.45) is 5.58. The van der Waals surface area contributed by atoms with E-state index in [-0.39, 0.29) is 12.2 Å². The Hall–Kier alpha value is -0.380. The van der Waals surface area contributed by atoms with Crippen LogP contribution in [0.5, 0.6) is 0 Å². The maximum atomic E-state index is 5.80. The van der Waals surface area contributed by atoms with Crippen molar-refractivity contribution in [2.45, 2.75) is 38.3 Å². The molecule has 0 radical (unpaired) electrons. The quantitative estimate of drug-likeness (QED) is 0.651. The van der Waals surface area contributed by atoms with Gasteiger partial charge in [-0.3, -0.25) is 0 Å². The molecule has 3 atom stereocenters. The van der Waals surface area contributed by atoms with Crippen LogP contribution in [0.2, 0.25) is 0 Å². The lowest BCUT2D eigenvalue weighted by atomic mass is 10.0. The van der Waals surface area contributed by atoms with E-state index in [9.17, 15) is 0 Å². The first kappa shape index (κ1) is 9.19. The Morgan fingerprint density at radius 3 is 2.77 bits per heavy atom. The van der Waals surface area contributed by atoms with Crippen LogP contribution < -0.4 is 5.73 Å². The first-order chi connectivity index (χ1) is 6.12. The van der Waals surface area contributed by atoms with E-state index in [1.165, 1.54) is 0 Å². The van der Waals surface area contributed by atoms with Gasteiger partial charge in [-0.25, -0.2) is 0 Å². The summed E-state index contributed by atoms with van der Waals surface area (Å²) in [4.78, 5) is 0. The molecule has 2 rings (SSSR count). The zero-order chi connectivity index (χ0) is 9.47. The molecule has 0 amide bonds. The first-order valence-electron chi connectivity index (χ1n) is 4.86. The average molecular weight is 183 g/mol. The van der Waals surface area contributed by atoms with Gasteiger partial charge in [0.05, 0.1) is 6.10 Å². The van der Waals surface area contributed by atoms with Gasteiger partial charge in [-0.1, -0.05) is 12.2 Å². The molecular formula is C10H17NO2. The predicted octanol–water partition coefficient (Wildman–Crippen LogP) is 1.04. The number of nitrogens with two attached hydrogens (primary N) is 1. The average Bonchev–Trinajstić information content (AvgIpc) is 2.48. The molecule has 3 heteroatoms. The first-order valence-corrected chi connectivity index (χ1v) is 4.86. The highest BCUT2D eigenvalue weighted by Crippen LogP contribution is 2.38. The van der Waals surface area contributed by atoms with Crippen molar-refractivity contribution in [3.8, 4) is 0 Å². The number of rotatable bonds is 2. The van der Waals surface area contributed by atoms with Gasteiger partial charge in [0, 0.05) is 5.92 Å². The van der Waals surface area contributed by atoms with Crippen molar-refractivity contribution in [1.29, 1.82) is 0 Å². The third kappa shape index (κ3) is 1.64. The van der Waals surface area contributed by atoms with Crippen LogP contribution in [0.25, 0.3) is 0 Å². The fourth-order valence-electron chi connectivity index (χ4n) is 2.11. The maximum absolute atomic E-state index is 5.80. The van der Waals surface area contributed by atoms with Crippen molar-refractivity contribution in [2.75, 3.05) is 6.54 Å². The highest BCUT2D eigenvalue weighted by Gasteiger charge is 2.45. The van der Waals surface area contributed by atoms with Crippen LogP contribution in [0.4, 0.5) is 0 Å². The fourth-order valence-corrected chi connectivity index (χ4v) is 2.11. The fraction of sp³-hybridized carbons (Fsp3) is 0.800. The molecule has 13 heavy (non-hydrogen) atoms. The van der Waals surface area contributed by atoms with Crippen molar-refractivity contribution >= 4 is 0 Å². The summed E-state index contributed by atoms with van der Waals surface area (Å²) in [6, 6.07) is 0. The van der Waals surface area contributed by atoms with Gasteiger partial charge in [-0.2, -0.15) is 0 Å². The van der Waals surface area contributed by atoms with Gasteiger partial charge in [-0.05, 0) is 26.8 Å². The van der Waals surface area contributed by atoms with E-state index in [4.69, 9.17) is 15.2 Å². The zero-order valence-corrected chi connectivity index (χ0v) is 8.19. The summed E-state index contributed by atoms with van der Waals surface area (Å²) in [6.45, 7) is 4.62. The minimum atomic E-state index is -0.424. The molecule has 0 bridgehead atoms. The van der Waals surface area contributed by atoms with Crippen molar-refractivity contribution in [2.24, 2.45) is 11.7 Å². The molecule has 0 aromatic heterocycles. The van der Waals surface area contributed by atoms with E-state index < -0.39 is 5.79 Å². The monoisotopic (exact) mass is 183 g/mol. The summed E-state index contributed by atoms with van der Waals surface area (Å²) in [5.74, 6) is 0.0178. The smallest absolute Gasteiger partial charge is 0.164 e. The van der Waals surface area contributed by atoms with Gasteiger partial charge in [-0.15, -0.1) is 0 Å². The number of ether oxygens (including phenoxy) is 2. The summed E-state index contributed by atoms with van der Waals surface area (Å²) in [5.41, 5.74) is 5.53. The molecule has 2 N–H and O–H groups in total. The van der Waals surface area contributed by atoms with E-state index in [0.29, 0.717) is 12.5 Å². The number of hydrogen-bond donors (Lipinski definition) is 1. The second-order valence-electron chi connectivity index (χ2n) is 4.19. The SMILES string of the molecule is CC1(C)O[C@H]2[C@@H](CCN)C=C[C@H]2O1. The predicted molar refractivity (Wildman–Crippen MR) is 50.1 cm³/mol. The van der Waals surface area contributed by atoms with E-state index in [2.05, 4.69) is 12.2 Å². The molecule has 0 saturated carbocycles. The molecule has 0 aromatic rings. The molecule has 0 unspecified atom stereocenters. The van der Waals surface area contributed by atoms with Gasteiger partial charge in [0.1, 0.15) is 6.10 Å². The highest BCUT2D eigenvalue weighted by molar-refractivity contribution is 5.12. The molecule has 2 aliphatic rings. The van der Waals surface area contributed by atoms with E-state index in [0.717, 1.165) is 6.42 Å². The Morgan fingerprint density at radius 1 is 1.31 bits per heavy atom. The molecule has 1 saturated heterocycles. The molecule has 1 fully saturated rings. The molecule has 3 nitrogen and oxygen atoms in total. The van der Waals surface area contributed by atoms with Crippen LogP contribution in [-0.2, 0) is 9.47 Å². The Bertz CT molecular complexity index is 225. The summed E-state index contributed by atoms with van der Waals surface area (Å²) >= 11 is 0. The minimum absolute atomic E-state index is 0.145. The molecule has 0 aromatic carbocycles. The largest absolute Gasteiger partial charge is 0.344 e. The van der Waals surface area contributed by atoms with E-state index >= 15 is 0 Å². The second kappa shape index (κ2) is 3.08. The summed E-state index contributed by atoms with van der Waals surface area (Å²) < 4.78 is 11.5. The van der Waals surface area contributed by atoms with E-state index in [1.54, 1.807) is 0 Å². The van der Waals surface area contributed by atoms with Crippen molar-refractivity contribution in [3.63, 3.8) is 0 Å².